The molecule has 5 nitrogen and oxygen atoms in total. The van der Waals surface area contributed by atoms with Gasteiger partial charge in [-0.3, -0.25) is 10.1 Å². The van der Waals surface area contributed by atoms with E-state index < -0.39 is 10.7 Å². The van der Waals surface area contributed by atoms with E-state index in [1.807, 2.05) is 0 Å². The van der Waals surface area contributed by atoms with Gasteiger partial charge in [0.15, 0.2) is 5.58 Å². The maximum absolute atomic E-state index is 13.6. The summed E-state index contributed by atoms with van der Waals surface area (Å²) in [5.74, 6) is -0.350. The summed E-state index contributed by atoms with van der Waals surface area (Å²) in [6, 6.07) is 10.1. The van der Waals surface area contributed by atoms with Crippen LogP contribution in [0.15, 0.2) is 46.9 Å². The molecule has 0 aliphatic rings. The first kappa shape index (κ1) is 11.3. The fraction of sp³-hybridized carbons (Fsp3) is 0. The maximum atomic E-state index is 13.6. The van der Waals surface area contributed by atoms with Crippen molar-refractivity contribution in [3.05, 3.63) is 58.4 Å². The molecule has 0 fully saturated rings. The largest absolute Gasteiger partial charge is 0.436 e. The first-order chi connectivity index (χ1) is 9.15. The van der Waals surface area contributed by atoms with E-state index in [0.717, 1.165) is 0 Å². The Bertz CT molecular complexity index is 782. The number of aromatic nitrogens is 1. The number of oxazole rings is 1. The molecule has 94 valence electrons. The minimum Gasteiger partial charge on any atom is -0.436 e. The second-order valence-electron chi connectivity index (χ2n) is 3.91. The zero-order chi connectivity index (χ0) is 13.4. The van der Waals surface area contributed by atoms with Gasteiger partial charge in [-0.25, -0.2) is 9.37 Å². The van der Waals surface area contributed by atoms with Gasteiger partial charge in [-0.15, -0.1) is 0 Å². The average molecular weight is 258 g/mol. The smallest absolute Gasteiger partial charge is 0.271 e. The molecule has 6 heteroatoms. The minimum absolute atomic E-state index is 0.0825. The molecule has 1 aromatic heterocycles. The Morgan fingerprint density at radius 1 is 1.21 bits per heavy atom. The summed E-state index contributed by atoms with van der Waals surface area (Å²) in [4.78, 5) is 14.2. The van der Waals surface area contributed by atoms with Crippen molar-refractivity contribution >= 4 is 16.8 Å². The lowest BCUT2D eigenvalue weighted by atomic mass is 10.2. The van der Waals surface area contributed by atoms with Crippen molar-refractivity contribution in [2.75, 3.05) is 0 Å². The van der Waals surface area contributed by atoms with E-state index in [1.165, 1.54) is 30.3 Å². The predicted octanol–water partition coefficient (Wildman–Crippen LogP) is 3.54. The second kappa shape index (κ2) is 4.16. The summed E-state index contributed by atoms with van der Waals surface area (Å²) in [5.41, 5.74) is 0.846. The minimum atomic E-state index is -0.517. The number of fused-ring (bicyclic) bond motifs is 1. The zero-order valence-electron chi connectivity index (χ0n) is 9.54. The molecule has 1 heterocycles. The summed E-state index contributed by atoms with van der Waals surface area (Å²) >= 11 is 0. The van der Waals surface area contributed by atoms with Gasteiger partial charge in [0.25, 0.3) is 5.69 Å². The van der Waals surface area contributed by atoms with Gasteiger partial charge in [0.1, 0.15) is 11.3 Å². The fourth-order valence-corrected chi connectivity index (χ4v) is 1.78. The molecule has 0 aliphatic carbocycles. The molecule has 0 aliphatic heterocycles. The number of non-ortho nitro benzene ring substituents is 1. The normalized spacial score (nSPS) is 10.8. The molecule has 0 amide bonds. The van der Waals surface area contributed by atoms with Crippen molar-refractivity contribution in [1.82, 2.24) is 4.98 Å². The Kier molecular flexibility index (Phi) is 2.49. The van der Waals surface area contributed by atoms with Gasteiger partial charge in [-0.2, -0.15) is 0 Å². The van der Waals surface area contributed by atoms with Gasteiger partial charge >= 0.3 is 0 Å². The fourth-order valence-electron chi connectivity index (χ4n) is 1.78. The van der Waals surface area contributed by atoms with Crippen molar-refractivity contribution < 1.29 is 13.7 Å². The molecule has 0 radical (unpaired) electrons. The number of nitro groups is 1. The van der Waals surface area contributed by atoms with E-state index in [4.69, 9.17) is 4.42 Å². The summed E-state index contributed by atoms with van der Waals surface area (Å²) in [6.07, 6.45) is 0. The third kappa shape index (κ3) is 1.93. The highest BCUT2D eigenvalue weighted by atomic mass is 19.1. The lowest BCUT2D eigenvalue weighted by Gasteiger charge is -1.95. The SMILES string of the molecule is O=[N+]([O-])c1ccc2oc(-c3ccccc3F)nc2c1. The highest BCUT2D eigenvalue weighted by Gasteiger charge is 2.14. The van der Waals surface area contributed by atoms with Crippen LogP contribution in [-0.4, -0.2) is 9.91 Å². The van der Waals surface area contributed by atoms with Crippen molar-refractivity contribution in [2.45, 2.75) is 0 Å². The van der Waals surface area contributed by atoms with E-state index >= 15 is 0 Å². The van der Waals surface area contributed by atoms with Gasteiger partial charge in [0.05, 0.1) is 10.5 Å². The summed E-state index contributed by atoms with van der Waals surface area (Å²) in [5, 5.41) is 10.7. The molecule has 3 rings (SSSR count). The van der Waals surface area contributed by atoms with Crippen LogP contribution in [0.25, 0.3) is 22.6 Å². The third-order valence-electron chi connectivity index (χ3n) is 2.69. The Balaban J connectivity index is 2.17. The summed E-state index contributed by atoms with van der Waals surface area (Å²) in [6.45, 7) is 0. The molecular weight excluding hydrogens is 251 g/mol. The van der Waals surface area contributed by atoms with Crippen molar-refractivity contribution in [2.24, 2.45) is 0 Å². The molecule has 19 heavy (non-hydrogen) atoms. The third-order valence-corrected chi connectivity index (χ3v) is 2.69. The van der Waals surface area contributed by atoms with E-state index in [1.54, 1.807) is 12.1 Å². The first-order valence-electron chi connectivity index (χ1n) is 5.45. The lowest BCUT2D eigenvalue weighted by Crippen LogP contribution is -1.86. The molecule has 0 saturated heterocycles. The van der Waals surface area contributed by atoms with E-state index in [-0.39, 0.29) is 17.1 Å². The monoisotopic (exact) mass is 258 g/mol. The quantitative estimate of drug-likeness (QED) is 0.520. The molecule has 0 saturated carbocycles. The summed E-state index contributed by atoms with van der Waals surface area (Å²) in [7, 11) is 0. The number of halogens is 1. The molecule has 0 bridgehead atoms. The van der Waals surface area contributed by atoms with Crippen LogP contribution in [0.3, 0.4) is 0 Å². The Morgan fingerprint density at radius 3 is 2.74 bits per heavy atom. The molecule has 0 spiro atoms. The molecule has 2 aromatic carbocycles. The number of rotatable bonds is 2. The van der Waals surface area contributed by atoms with E-state index in [2.05, 4.69) is 4.98 Å². The molecule has 0 atom stereocenters. The van der Waals surface area contributed by atoms with Crippen LogP contribution in [0.1, 0.15) is 0 Å². The average Bonchev–Trinajstić information content (AvgIpc) is 2.81. The topological polar surface area (TPSA) is 69.2 Å². The highest BCUT2D eigenvalue weighted by Crippen LogP contribution is 2.28. The number of nitro benzene ring substituents is 1. The maximum Gasteiger partial charge on any atom is 0.271 e. The van der Waals surface area contributed by atoms with Gasteiger partial charge < -0.3 is 4.42 Å². The number of nitrogens with zero attached hydrogens (tertiary/aromatic N) is 2. The molecule has 3 aromatic rings. The predicted molar refractivity (Wildman–Crippen MR) is 66.1 cm³/mol. The van der Waals surface area contributed by atoms with Crippen LogP contribution >= 0.6 is 0 Å². The van der Waals surface area contributed by atoms with Crippen LogP contribution in [-0.2, 0) is 0 Å². The summed E-state index contributed by atoms with van der Waals surface area (Å²) < 4.78 is 19.0. The lowest BCUT2D eigenvalue weighted by molar-refractivity contribution is -0.384. The van der Waals surface area contributed by atoms with Crippen LogP contribution in [0.4, 0.5) is 10.1 Å². The number of hydrogen-bond donors (Lipinski definition) is 0. The second-order valence-corrected chi connectivity index (χ2v) is 3.91. The van der Waals surface area contributed by atoms with Crippen LogP contribution in [0.2, 0.25) is 0 Å². The standard InChI is InChI=1S/C13H7FN2O3/c14-10-4-2-1-3-9(10)13-15-11-7-8(16(17)18)5-6-12(11)19-13/h1-7H. The first-order valence-corrected chi connectivity index (χ1v) is 5.45. The Hall–Kier alpha value is -2.76. The van der Waals surface area contributed by atoms with Crippen LogP contribution in [0, 0.1) is 15.9 Å². The molecular formula is C13H7FN2O3. The highest BCUT2D eigenvalue weighted by molar-refractivity contribution is 5.78. The van der Waals surface area contributed by atoms with E-state index in [9.17, 15) is 14.5 Å². The zero-order valence-corrected chi connectivity index (χ0v) is 9.54. The van der Waals surface area contributed by atoms with Crippen molar-refractivity contribution in [1.29, 1.82) is 0 Å². The van der Waals surface area contributed by atoms with Gasteiger partial charge in [0.2, 0.25) is 5.89 Å². The van der Waals surface area contributed by atoms with Gasteiger partial charge in [-0.05, 0) is 18.2 Å². The number of benzene rings is 2. The van der Waals surface area contributed by atoms with Gasteiger partial charge in [0, 0.05) is 12.1 Å². The van der Waals surface area contributed by atoms with E-state index in [0.29, 0.717) is 11.1 Å². The van der Waals surface area contributed by atoms with Crippen molar-refractivity contribution in [3.8, 4) is 11.5 Å². The Labute approximate surface area is 106 Å². The van der Waals surface area contributed by atoms with Crippen LogP contribution in [0.5, 0.6) is 0 Å². The molecule has 0 unspecified atom stereocenters. The number of hydrogen-bond acceptors (Lipinski definition) is 4. The van der Waals surface area contributed by atoms with Crippen molar-refractivity contribution in [3.63, 3.8) is 0 Å². The Morgan fingerprint density at radius 2 is 2.00 bits per heavy atom. The molecule has 0 N–H and O–H groups in total. The van der Waals surface area contributed by atoms with Crippen LogP contribution < -0.4 is 0 Å². The van der Waals surface area contributed by atoms with Gasteiger partial charge in [-0.1, -0.05) is 12.1 Å².